The van der Waals surface area contributed by atoms with E-state index < -0.39 is 0 Å². The summed E-state index contributed by atoms with van der Waals surface area (Å²) < 4.78 is 27.5. The third-order valence-electron chi connectivity index (χ3n) is 14.7. The summed E-state index contributed by atoms with van der Waals surface area (Å²) in [7, 11) is 0. The Morgan fingerprint density at radius 3 is 0.914 bits per heavy atom. The van der Waals surface area contributed by atoms with Crippen LogP contribution >= 0.6 is 0 Å². The standard InChI is InChI=1S/C62H31N5O3/c63-32-34-31-35(33-64)55(66-49-20-8-2-14-37(49)43-26-29-46-40-17-5-11-23-52(40)69-61(46)57(43)66)59(67-50-21-9-3-15-38(50)44-27-30-47-41-18-6-12-24-53(41)70-62(47)58(44)67)54(34)65-48-19-7-1-13-36(48)42-25-28-45-39-16-4-10-22-51(39)68-60(45)56(42)65/h1-31H. The van der Waals surface area contributed by atoms with Crippen molar-refractivity contribution in [1.29, 1.82) is 10.5 Å². The number of nitriles is 2. The van der Waals surface area contributed by atoms with Crippen molar-refractivity contribution >= 4 is 131 Å². The second kappa shape index (κ2) is 13.3. The van der Waals surface area contributed by atoms with E-state index in [1.165, 1.54) is 0 Å². The zero-order valence-electron chi connectivity index (χ0n) is 36.9. The summed E-state index contributed by atoms with van der Waals surface area (Å²) in [6.45, 7) is 0. The maximum absolute atomic E-state index is 11.8. The lowest BCUT2D eigenvalue weighted by molar-refractivity contribution is 0.670. The number of fused-ring (bicyclic) bond motifs is 21. The van der Waals surface area contributed by atoms with Gasteiger partial charge >= 0.3 is 0 Å². The zero-order chi connectivity index (χ0) is 45.9. The van der Waals surface area contributed by atoms with E-state index in [2.05, 4.69) is 123 Å². The molecule has 0 atom stereocenters. The van der Waals surface area contributed by atoms with Gasteiger partial charge in [0.2, 0.25) is 0 Å². The van der Waals surface area contributed by atoms with Crippen LogP contribution in [0.1, 0.15) is 11.1 Å². The van der Waals surface area contributed by atoms with E-state index >= 15 is 0 Å². The second-order valence-corrected chi connectivity index (χ2v) is 18.1. The molecule has 0 spiro atoms. The van der Waals surface area contributed by atoms with Crippen molar-refractivity contribution in [2.45, 2.75) is 0 Å². The molecular weight excluding hydrogens is 863 g/mol. The molecule has 0 saturated carbocycles. The lowest BCUT2D eigenvalue weighted by Gasteiger charge is -2.24. The molecule has 0 unspecified atom stereocenters. The molecule has 0 fully saturated rings. The first-order valence-corrected chi connectivity index (χ1v) is 23.2. The van der Waals surface area contributed by atoms with Gasteiger partial charge in [-0.2, -0.15) is 10.5 Å². The van der Waals surface area contributed by atoms with Crippen LogP contribution in [-0.2, 0) is 0 Å². The van der Waals surface area contributed by atoms with Crippen LogP contribution < -0.4 is 0 Å². The molecule has 0 bridgehead atoms. The van der Waals surface area contributed by atoms with Crippen LogP contribution in [0.4, 0.5) is 0 Å². The van der Waals surface area contributed by atoms with Gasteiger partial charge in [0.25, 0.3) is 0 Å². The number of aromatic nitrogens is 3. The number of nitrogens with zero attached hydrogens (tertiary/aromatic N) is 5. The minimum Gasteiger partial charge on any atom is -0.454 e. The van der Waals surface area contributed by atoms with Crippen LogP contribution in [0.25, 0.3) is 148 Å². The number of hydrogen-bond acceptors (Lipinski definition) is 5. The number of rotatable bonds is 3. The van der Waals surface area contributed by atoms with Crippen LogP contribution in [-0.4, -0.2) is 13.7 Å². The molecule has 0 amide bonds. The van der Waals surface area contributed by atoms with Crippen molar-refractivity contribution in [2.75, 3.05) is 0 Å². The number of furan rings is 3. The van der Waals surface area contributed by atoms with E-state index in [-0.39, 0.29) is 0 Å². The molecule has 6 heterocycles. The molecule has 16 aromatic rings. The number of hydrogen-bond donors (Lipinski definition) is 0. The summed E-state index contributed by atoms with van der Waals surface area (Å²) in [5.74, 6) is 0. The third-order valence-corrected chi connectivity index (χ3v) is 14.7. The highest BCUT2D eigenvalue weighted by Gasteiger charge is 2.32. The van der Waals surface area contributed by atoms with Crippen molar-refractivity contribution < 1.29 is 13.3 Å². The Morgan fingerprint density at radius 2 is 0.571 bits per heavy atom. The Morgan fingerprint density at radius 1 is 0.286 bits per heavy atom. The molecular formula is C62H31N5O3. The third kappa shape index (κ3) is 4.57. The molecule has 0 N–H and O–H groups in total. The lowest BCUT2D eigenvalue weighted by Crippen LogP contribution is -2.13. The van der Waals surface area contributed by atoms with Crippen molar-refractivity contribution in [1.82, 2.24) is 13.7 Å². The van der Waals surface area contributed by atoms with Crippen molar-refractivity contribution in [3.63, 3.8) is 0 Å². The van der Waals surface area contributed by atoms with Crippen LogP contribution in [0.5, 0.6) is 0 Å². The Kier molecular flexibility index (Phi) is 7.06. The molecule has 8 heteroatoms. The van der Waals surface area contributed by atoms with Gasteiger partial charge in [-0.1, -0.05) is 127 Å². The summed E-state index contributed by atoms with van der Waals surface area (Å²) in [6.07, 6.45) is 0. The molecule has 70 heavy (non-hydrogen) atoms. The monoisotopic (exact) mass is 893 g/mol. The summed E-state index contributed by atoms with van der Waals surface area (Å²) >= 11 is 0. The Bertz CT molecular complexity index is 4890. The lowest BCUT2D eigenvalue weighted by atomic mass is 10.0. The van der Waals surface area contributed by atoms with E-state index in [4.69, 9.17) is 13.3 Å². The first-order valence-electron chi connectivity index (χ1n) is 23.2. The van der Waals surface area contributed by atoms with Gasteiger partial charge in [-0.05, 0) is 60.7 Å². The second-order valence-electron chi connectivity index (χ2n) is 18.1. The van der Waals surface area contributed by atoms with Crippen molar-refractivity contribution in [3.05, 3.63) is 199 Å². The number of benzene rings is 10. The molecule has 0 aliphatic carbocycles. The highest BCUT2D eigenvalue weighted by Crippen LogP contribution is 2.50. The minimum atomic E-state index is 0.309. The average molecular weight is 894 g/mol. The topological polar surface area (TPSA) is 102 Å². The van der Waals surface area contributed by atoms with E-state index in [0.29, 0.717) is 44.9 Å². The zero-order valence-corrected chi connectivity index (χ0v) is 36.9. The molecule has 16 rings (SSSR count). The quantitative estimate of drug-likeness (QED) is 0.176. The first-order chi connectivity index (χ1) is 34.7. The fourth-order valence-electron chi connectivity index (χ4n) is 11.9. The highest BCUT2D eigenvalue weighted by molar-refractivity contribution is 6.25. The Balaban J connectivity index is 1.22. The van der Waals surface area contributed by atoms with E-state index in [9.17, 15) is 10.5 Å². The predicted octanol–water partition coefficient (Wildman–Crippen LogP) is 16.4. The Labute approximate surface area is 395 Å². The summed E-state index contributed by atoms with van der Waals surface area (Å²) in [6, 6.07) is 69.3. The molecule has 0 aliphatic rings. The summed E-state index contributed by atoms with van der Waals surface area (Å²) in [4.78, 5) is 0. The Hall–Kier alpha value is -10.0. The maximum atomic E-state index is 11.8. The fourth-order valence-corrected chi connectivity index (χ4v) is 11.9. The molecule has 0 saturated heterocycles. The predicted molar refractivity (Wildman–Crippen MR) is 281 cm³/mol. The molecule has 0 radical (unpaired) electrons. The van der Waals surface area contributed by atoms with Crippen LogP contribution in [0.15, 0.2) is 201 Å². The van der Waals surface area contributed by atoms with Gasteiger partial charge in [0.05, 0.1) is 61.3 Å². The fraction of sp³-hybridized carbons (Fsp3) is 0. The smallest absolute Gasteiger partial charge is 0.160 e. The SMILES string of the molecule is N#Cc1cc(C#N)c(-n2c3ccccc3c3ccc4c5ccccc5oc4c32)c(-n2c3ccccc3c3ccc4c5ccccc5oc4c32)c1-n1c2ccccc2c2ccc3c4ccccc4oc3c21. The van der Waals surface area contributed by atoms with Gasteiger partial charge in [0.1, 0.15) is 28.9 Å². The van der Waals surface area contributed by atoms with Crippen LogP contribution in [0.3, 0.4) is 0 Å². The molecule has 8 nitrogen and oxygen atoms in total. The van der Waals surface area contributed by atoms with Crippen molar-refractivity contribution in [3.8, 4) is 29.2 Å². The van der Waals surface area contributed by atoms with Crippen LogP contribution in [0.2, 0.25) is 0 Å². The highest BCUT2D eigenvalue weighted by atomic mass is 16.3. The minimum absolute atomic E-state index is 0.309. The molecule has 0 aliphatic heterocycles. The van der Waals surface area contributed by atoms with E-state index in [0.717, 1.165) is 114 Å². The van der Waals surface area contributed by atoms with E-state index in [1.54, 1.807) is 6.07 Å². The maximum Gasteiger partial charge on any atom is 0.160 e. The van der Waals surface area contributed by atoms with Gasteiger partial charge in [0, 0.05) is 64.6 Å². The molecule has 6 aromatic heterocycles. The first kappa shape index (κ1) is 37.1. The van der Waals surface area contributed by atoms with E-state index in [1.807, 2.05) is 84.9 Å². The van der Waals surface area contributed by atoms with Gasteiger partial charge < -0.3 is 27.0 Å². The van der Waals surface area contributed by atoms with Gasteiger partial charge in [-0.25, -0.2) is 0 Å². The van der Waals surface area contributed by atoms with Gasteiger partial charge in [0.15, 0.2) is 16.7 Å². The van der Waals surface area contributed by atoms with Gasteiger partial charge in [-0.15, -0.1) is 0 Å². The van der Waals surface area contributed by atoms with Crippen molar-refractivity contribution in [2.24, 2.45) is 0 Å². The molecule has 10 aromatic carbocycles. The van der Waals surface area contributed by atoms with Crippen LogP contribution in [0, 0.1) is 22.7 Å². The van der Waals surface area contributed by atoms with Gasteiger partial charge in [-0.3, -0.25) is 0 Å². The largest absolute Gasteiger partial charge is 0.454 e. The average Bonchev–Trinajstić information content (AvgIpc) is 4.27. The summed E-state index contributed by atoms with van der Waals surface area (Å²) in [5.41, 5.74) is 11.8. The normalized spacial score (nSPS) is 12.3. The number of para-hydroxylation sites is 6. The molecule has 322 valence electrons. The summed E-state index contributed by atoms with van der Waals surface area (Å²) in [5, 5.41) is 35.2.